The zero-order valence-corrected chi connectivity index (χ0v) is 9.09. The first-order valence-corrected chi connectivity index (χ1v) is 4.79. The molecule has 13 heavy (non-hydrogen) atoms. The van der Waals surface area contributed by atoms with Gasteiger partial charge in [-0.15, -0.1) is 0 Å². The van der Waals surface area contributed by atoms with Gasteiger partial charge in [0.1, 0.15) is 0 Å². The molecule has 0 spiro atoms. The highest BCUT2D eigenvalue weighted by Gasteiger charge is 2.03. The SMILES string of the molecule is CCOC(=O)CCC=CC(C)(C)C. The number of hydrogen-bond donors (Lipinski definition) is 0. The average Bonchev–Trinajstić information content (AvgIpc) is 1.97. The molecule has 0 aliphatic rings. The van der Waals surface area contributed by atoms with Crippen LogP contribution in [0.25, 0.3) is 0 Å². The molecule has 0 N–H and O–H groups in total. The summed E-state index contributed by atoms with van der Waals surface area (Å²) in [5.74, 6) is -0.110. The number of carbonyl (C=O) groups excluding carboxylic acids is 1. The minimum absolute atomic E-state index is 0.110. The standard InChI is InChI=1S/C11H20O2/c1-5-13-10(12)8-6-7-9-11(2,3)4/h7,9H,5-6,8H2,1-4H3. The number of rotatable bonds is 4. The van der Waals surface area contributed by atoms with Crippen molar-refractivity contribution in [3.63, 3.8) is 0 Å². The number of esters is 1. The van der Waals surface area contributed by atoms with E-state index in [2.05, 4.69) is 26.8 Å². The van der Waals surface area contributed by atoms with Crippen molar-refractivity contribution in [2.45, 2.75) is 40.5 Å². The van der Waals surface area contributed by atoms with Crippen LogP contribution in [0, 0.1) is 5.41 Å². The van der Waals surface area contributed by atoms with Gasteiger partial charge in [0.15, 0.2) is 0 Å². The van der Waals surface area contributed by atoms with Crippen molar-refractivity contribution in [2.75, 3.05) is 6.61 Å². The van der Waals surface area contributed by atoms with Crippen LogP contribution in [0.15, 0.2) is 12.2 Å². The van der Waals surface area contributed by atoms with Crippen LogP contribution < -0.4 is 0 Å². The van der Waals surface area contributed by atoms with Gasteiger partial charge in [0.25, 0.3) is 0 Å². The van der Waals surface area contributed by atoms with Crippen LogP contribution >= 0.6 is 0 Å². The van der Waals surface area contributed by atoms with Crippen LogP contribution in [0.3, 0.4) is 0 Å². The van der Waals surface area contributed by atoms with Gasteiger partial charge in [0.05, 0.1) is 6.61 Å². The van der Waals surface area contributed by atoms with Gasteiger partial charge in [-0.3, -0.25) is 4.79 Å². The molecule has 0 unspecified atom stereocenters. The molecule has 0 rings (SSSR count). The Morgan fingerprint density at radius 1 is 1.38 bits per heavy atom. The smallest absolute Gasteiger partial charge is 0.306 e. The van der Waals surface area contributed by atoms with Crippen molar-refractivity contribution in [1.29, 1.82) is 0 Å². The molecule has 0 fully saturated rings. The second-order valence-electron chi connectivity index (χ2n) is 4.11. The Kier molecular flexibility index (Phi) is 5.44. The van der Waals surface area contributed by atoms with E-state index in [1.54, 1.807) is 0 Å². The predicted octanol–water partition coefficient (Wildman–Crippen LogP) is 2.93. The third-order valence-electron chi connectivity index (χ3n) is 1.44. The Morgan fingerprint density at radius 3 is 2.46 bits per heavy atom. The molecular weight excluding hydrogens is 164 g/mol. The van der Waals surface area contributed by atoms with Gasteiger partial charge in [0, 0.05) is 6.42 Å². The molecule has 0 aromatic heterocycles. The first-order chi connectivity index (χ1) is 5.95. The third-order valence-corrected chi connectivity index (χ3v) is 1.44. The lowest BCUT2D eigenvalue weighted by atomic mass is 9.96. The topological polar surface area (TPSA) is 26.3 Å². The number of ether oxygens (including phenoxy) is 1. The fourth-order valence-corrected chi connectivity index (χ4v) is 0.871. The summed E-state index contributed by atoms with van der Waals surface area (Å²) < 4.78 is 4.80. The van der Waals surface area contributed by atoms with Crippen molar-refractivity contribution in [3.8, 4) is 0 Å². The Morgan fingerprint density at radius 2 is 2.00 bits per heavy atom. The van der Waals surface area contributed by atoms with Crippen molar-refractivity contribution in [3.05, 3.63) is 12.2 Å². The lowest BCUT2D eigenvalue weighted by molar-refractivity contribution is -0.143. The molecule has 0 radical (unpaired) electrons. The van der Waals surface area contributed by atoms with E-state index in [9.17, 15) is 4.79 Å². The van der Waals surface area contributed by atoms with Gasteiger partial charge in [-0.05, 0) is 18.8 Å². The Hall–Kier alpha value is -0.790. The summed E-state index contributed by atoms with van der Waals surface area (Å²) in [4.78, 5) is 10.9. The van der Waals surface area contributed by atoms with Crippen LogP contribution in [0.1, 0.15) is 40.5 Å². The maximum absolute atomic E-state index is 10.9. The van der Waals surface area contributed by atoms with Crippen LogP contribution in [0.5, 0.6) is 0 Å². The molecule has 2 nitrogen and oxygen atoms in total. The van der Waals surface area contributed by atoms with Gasteiger partial charge >= 0.3 is 5.97 Å². The second kappa shape index (κ2) is 5.79. The summed E-state index contributed by atoms with van der Waals surface area (Å²) >= 11 is 0. The molecule has 0 bridgehead atoms. The van der Waals surface area contributed by atoms with Gasteiger partial charge in [0.2, 0.25) is 0 Å². The average molecular weight is 184 g/mol. The molecule has 2 heteroatoms. The maximum Gasteiger partial charge on any atom is 0.306 e. The van der Waals surface area contributed by atoms with E-state index in [4.69, 9.17) is 4.74 Å². The zero-order chi connectivity index (χ0) is 10.3. The summed E-state index contributed by atoms with van der Waals surface area (Å²) in [6.07, 6.45) is 5.42. The van der Waals surface area contributed by atoms with E-state index in [1.807, 2.05) is 13.0 Å². The van der Waals surface area contributed by atoms with Gasteiger partial charge in [-0.2, -0.15) is 0 Å². The van der Waals surface area contributed by atoms with Crippen LogP contribution in [0.2, 0.25) is 0 Å². The lowest BCUT2D eigenvalue weighted by Gasteiger charge is -2.10. The van der Waals surface area contributed by atoms with E-state index >= 15 is 0 Å². The highest BCUT2D eigenvalue weighted by Crippen LogP contribution is 2.15. The van der Waals surface area contributed by atoms with Gasteiger partial charge in [-0.25, -0.2) is 0 Å². The Balaban J connectivity index is 3.56. The normalized spacial score (nSPS) is 12.0. The number of carbonyl (C=O) groups is 1. The fourth-order valence-electron chi connectivity index (χ4n) is 0.871. The van der Waals surface area contributed by atoms with Crippen molar-refractivity contribution >= 4 is 5.97 Å². The number of allylic oxidation sites excluding steroid dienone is 2. The van der Waals surface area contributed by atoms with E-state index in [1.165, 1.54) is 0 Å². The minimum Gasteiger partial charge on any atom is -0.466 e. The summed E-state index contributed by atoms with van der Waals surface area (Å²) in [5, 5.41) is 0. The summed E-state index contributed by atoms with van der Waals surface area (Å²) in [5.41, 5.74) is 0.203. The molecule has 0 aliphatic carbocycles. The molecule has 0 aromatic carbocycles. The highest BCUT2D eigenvalue weighted by atomic mass is 16.5. The van der Waals surface area contributed by atoms with Crippen LogP contribution in [-0.4, -0.2) is 12.6 Å². The van der Waals surface area contributed by atoms with Gasteiger partial charge < -0.3 is 4.74 Å². The fraction of sp³-hybridized carbons (Fsp3) is 0.727. The molecule has 0 saturated heterocycles. The second-order valence-corrected chi connectivity index (χ2v) is 4.11. The van der Waals surface area contributed by atoms with E-state index < -0.39 is 0 Å². The summed E-state index contributed by atoms with van der Waals surface area (Å²) in [6.45, 7) is 8.69. The van der Waals surface area contributed by atoms with E-state index in [0.717, 1.165) is 6.42 Å². The number of hydrogen-bond acceptors (Lipinski definition) is 2. The summed E-state index contributed by atoms with van der Waals surface area (Å²) in [7, 11) is 0. The Labute approximate surface area is 81.0 Å². The minimum atomic E-state index is -0.110. The molecule has 0 saturated carbocycles. The van der Waals surface area contributed by atoms with Crippen LogP contribution in [0.4, 0.5) is 0 Å². The highest BCUT2D eigenvalue weighted by molar-refractivity contribution is 5.69. The molecule has 0 atom stereocenters. The van der Waals surface area contributed by atoms with Crippen molar-refractivity contribution in [2.24, 2.45) is 5.41 Å². The zero-order valence-electron chi connectivity index (χ0n) is 9.09. The molecule has 76 valence electrons. The van der Waals surface area contributed by atoms with Crippen molar-refractivity contribution in [1.82, 2.24) is 0 Å². The molecule has 0 heterocycles. The van der Waals surface area contributed by atoms with Crippen molar-refractivity contribution < 1.29 is 9.53 Å². The molecule has 0 aliphatic heterocycles. The molecule has 0 aromatic rings. The quantitative estimate of drug-likeness (QED) is 0.496. The van der Waals surface area contributed by atoms with E-state index in [0.29, 0.717) is 13.0 Å². The molecule has 0 amide bonds. The Bertz CT molecular complexity index is 175. The predicted molar refractivity (Wildman–Crippen MR) is 54.5 cm³/mol. The summed E-state index contributed by atoms with van der Waals surface area (Å²) in [6, 6.07) is 0. The largest absolute Gasteiger partial charge is 0.466 e. The first-order valence-electron chi connectivity index (χ1n) is 4.79. The first kappa shape index (κ1) is 12.2. The van der Waals surface area contributed by atoms with Crippen LogP contribution in [-0.2, 0) is 9.53 Å². The van der Waals surface area contributed by atoms with Gasteiger partial charge in [-0.1, -0.05) is 32.9 Å². The third kappa shape index (κ3) is 9.12. The monoisotopic (exact) mass is 184 g/mol. The lowest BCUT2D eigenvalue weighted by Crippen LogP contribution is -2.03. The van der Waals surface area contributed by atoms with E-state index in [-0.39, 0.29) is 11.4 Å². The molecular formula is C11H20O2. The maximum atomic E-state index is 10.9.